The van der Waals surface area contributed by atoms with Gasteiger partial charge in [0.25, 0.3) is 0 Å². The lowest BCUT2D eigenvalue weighted by Crippen LogP contribution is -2.28. The van der Waals surface area contributed by atoms with Crippen molar-refractivity contribution in [3.05, 3.63) is 84.2 Å². The van der Waals surface area contributed by atoms with E-state index in [9.17, 15) is 8.42 Å². The highest BCUT2D eigenvalue weighted by atomic mass is 32.2. The molecule has 0 aliphatic carbocycles. The molecule has 1 fully saturated rings. The van der Waals surface area contributed by atoms with Crippen molar-refractivity contribution in [2.75, 3.05) is 13.1 Å². The van der Waals surface area contributed by atoms with E-state index in [1.807, 2.05) is 18.2 Å². The van der Waals surface area contributed by atoms with Crippen LogP contribution in [-0.4, -0.2) is 37.4 Å². The van der Waals surface area contributed by atoms with E-state index in [1.165, 1.54) is 24.9 Å². The molecule has 0 spiro atoms. The average Bonchev–Trinajstić information content (AvgIpc) is 3.22. The normalized spacial score (nSPS) is 17.1. The molecule has 162 valence electrons. The van der Waals surface area contributed by atoms with E-state index >= 15 is 0 Å². The van der Waals surface area contributed by atoms with Gasteiger partial charge in [0.05, 0.1) is 4.90 Å². The Hall–Kier alpha value is -2.54. The maximum atomic E-state index is 12.6. The van der Waals surface area contributed by atoms with Crippen LogP contribution >= 0.6 is 0 Å². The number of nitrogens with zero attached hydrogens (tertiary/aromatic N) is 2. The third kappa shape index (κ3) is 5.58. The molecule has 1 aromatic heterocycles. The lowest BCUT2D eigenvalue weighted by molar-refractivity contribution is 0.272. The summed E-state index contributed by atoms with van der Waals surface area (Å²) in [6, 6.07) is 20.0. The summed E-state index contributed by atoms with van der Waals surface area (Å²) in [5.74, 6) is 0. The number of sulfonamides is 1. The predicted molar refractivity (Wildman–Crippen MR) is 124 cm³/mol. The van der Waals surface area contributed by atoms with Crippen LogP contribution in [0.15, 0.2) is 78.0 Å². The fourth-order valence-electron chi connectivity index (χ4n) is 4.05. The van der Waals surface area contributed by atoms with Crippen molar-refractivity contribution in [1.29, 1.82) is 0 Å². The molecule has 0 radical (unpaired) electrons. The van der Waals surface area contributed by atoms with Crippen molar-refractivity contribution in [1.82, 2.24) is 14.6 Å². The average molecular weight is 436 g/mol. The van der Waals surface area contributed by atoms with Gasteiger partial charge in [0, 0.05) is 31.5 Å². The van der Waals surface area contributed by atoms with Gasteiger partial charge >= 0.3 is 0 Å². The smallest absolute Gasteiger partial charge is 0.240 e. The first-order valence-corrected chi connectivity index (χ1v) is 12.3. The monoisotopic (exact) mass is 435 g/mol. The highest BCUT2D eigenvalue weighted by Gasteiger charge is 2.19. The summed E-state index contributed by atoms with van der Waals surface area (Å²) in [6.45, 7) is 4.86. The Bertz CT molecular complexity index is 1080. The number of hydrogen-bond acceptors (Lipinski definition) is 4. The molecule has 31 heavy (non-hydrogen) atoms. The Morgan fingerprint density at radius 2 is 1.71 bits per heavy atom. The zero-order valence-electron chi connectivity index (χ0n) is 17.9. The summed E-state index contributed by atoms with van der Waals surface area (Å²) in [7, 11) is -3.57. The summed E-state index contributed by atoms with van der Waals surface area (Å²) in [5, 5.41) is 0. The van der Waals surface area contributed by atoms with Crippen LogP contribution in [0.3, 0.4) is 0 Å². The van der Waals surface area contributed by atoms with Crippen LogP contribution in [0.5, 0.6) is 0 Å². The van der Waals surface area contributed by atoms with Crippen molar-refractivity contribution < 1.29 is 8.42 Å². The summed E-state index contributed by atoms with van der Waals surface area (Å²) in [4.78, 5) is 6.83. The van der Waals surface area contributed by atoms with Gasteiger partial charge < -0.3 is 4.90 Å². The first-order chi connectivity index (χ1) is 15.0. The van der Waals surface area contributed by atoms with Crippen molar-refractivity contribution in [2.45, 2.75) is 43.7 Å². The number of aromatic nitrogens is 1. The van der Waals surface area contributed by atoms with Crippen LogP contribution in [0.2, 0.25) is 0 Å². The van der Waals surface area contributed by atoms with Crippen LogP contribution in [0.4, 0.5) is 0 Å². The molecule has 1 aliphatic rings. The van der Waals surface area contributed by atoms with E-state index < -0.39 is 10.0 Å². The molecule has 1 atom stereocenters. The molecular formula is C25H29N3O2S. The molecule has 1 N–H and O–H groups in total. The van der Waals surface area contributed by atoms with Crippen molar-refractivity contribution in [2.24, 2.45) is 0 Å². The van der Waals surface area contributed by atoms with Crippen LogP contribution in [0, 0.1) is 0 Å². The Balaban J connectivity index is 1.37. The van der Waals surface area contributed by atoms with Crippen molar-refractivity contribution in [3.8, 4) is 11.1 Å². The summed E-state index contributed by atoms with van der Waals surface area (Å²) < 4.78 is 27.8. The van der Waals surface area contributed by atoms with E-state index in [0.717, 1.165) is 29.7 Å². The maximum Gasteiger partial charge on any atom is 0.240 e. The van der Waals surface area contributed by atoms with Crippen molar-refractivity contribution >= 4 is 10.0 Å². The standard InChI is InChI=1S/C25H29N3O2S/c1-20-4-3-16-28(20)17-14-21-6-8-23(9-7-21)24-10-12-25(13-11-24)31(29,30)27-19-22-5-2-15-26-18-22/h2,5-13,15,18,20,27H,3-4,14,16-17,19H2,1H3/t20-/m1/s1. The molecule has 2 aromatic carbocycles. The largest absolute Gasteiger partial charge is 0.300 e. The Morgan fingerprint density at radius 3 is 2.32 bits per heavy atom. The molecule has 6 heteroatoms. The van der Waals surface area contributed by atoms with Crippen molar-refractivity contribution in [3.63, 3.8) is 0 Å². The predicted octanol–water partition coefficient (Wildman–Crippen LogP) is 4.25. The minimum Gasteiger partial charge on any atom is -0.300 e. The molecule has 4 rings (SSSR count). The number of likely N-dealkylation sites (tertiary alicyclic amines) is 1. The van der Waals surface area contributed by atoms with Gasteiger partial charge in [0.1, 0.15) is 0 Å². The quantitative estimate of drug-likeness (QED) is 0.574. The zero-order valence-corrected chi connectivity index (χ0v) is 18.7. The molecule has 0 bridgehead atoms. The SMILES string of the molecule is C[C@@H]1CCCN1CCc1ccc(-c2ccc(S(=O)(=O)NCc3cccnc3)cc2)cc1. The molecule has 0 unspecified atom stereocenters. The topological polar surface area (TPSA) is 62.3 Å². The molecule has 5 nitrogen and oxygen atoms in total. The number of rotatable bonds is 8. The third-order valence-electron chi connectivity index (χ3n) is 6.02. The molecule has 1 saturated heterocycles. The van der Waals surface area contributed by atoms with Crippen LogP contribution < -0.4 is 4.72 Å². The lowest BCUT2D eigenvalue weighted by atomic mass is 10.0. The zero-order chi connectivity index (χ0) is 21.7. The van der Waals surface area contributed by atoms with Gasteiger partial charge in [0.15, 0.2) is 0 Å². The van der Waals surface area contributed by atoms with Gasteiger partial charge in [-0.15, -0.1) is 0 Å². The maximum absolute atomic E-state index is 12.6. The summed E-state index contributed by atoms with van der Waals surface area (Å²) in [6.07, 6.45) is 7.00. The Labute approximate surface area is 185 Å². The van der Waals surface area contributed by atoms with Gasteiger partial charge in [0.2, 0.25) is 10.0 Å². The number of pyridine rings is 1. The summed E-state index contributed by atoms with van der Waals surface area (Å²) >= 11 is 0. The number of hydrogen-bond donors (Lipinski definition) is 1. The molecule has 3 aromatic rings. The fourth-order valence-corrected chi connectivity index (χ4v) is 5.07. The minimum atomic E-state index is -3.57. The van der Waals surface area contributed by atoms with E-state index in [-0.39, 0.29) is 11.4 Å². The van der Waals surface area contributed by atoms with Crippen LogP contribution in [0.1, 0.15) is 30.9 Å². The highest BCUT2D eigenvalue weighted by Crippen LogP contribution is 2.23. The first kappa shape index (κ1) is 21.7. The van der Waals surface area contributed by atoms with E-state index in [0.29, 0.717) is 6.04 Å². The summed E-state index contributed by atoms with van der Waals surface area (Å²) in [5.41, 5.74) is 4.25. The highest BCUT2D eigenvalue weighted by molar-refractivity contribution is 7.89. The van der Waals surface area contributed by atoms with E-state index in [2.05, 4.69) is 45.8 Å². The number of benzene rings is 2. The molecule has 0 saturated carbocycles. The second kappa shape index (κ2) is 9.73. The first-order valence-electron chi connectivity index (χ1n) is 10.8. The number of nitrogens with one attached hydrogen (secondary N) is 1. The Kier molecular flexibility index (Phi) is 6.80. The minimum absolute atomic E-state index is 0.218. The van der Waals surface area contributed by atoms with E-state index in [1.54, 1.807) is 30.6 Å². The molecule has 0 amide bonds. The van der Waals surface area contributed by atoms with E-state index in [4.69, 9.17) is 0 Å². The fraction of sp³-hybridized carbons (Fsp3) is 0.320. The third-order valence-corrected chi connectivity index (χ3v) is 7.44. The van der Waals surface area contributed by atoms with Crippen LogP contribution in [0.25, 0.3) is 11.1 Å². The van der Waals surface area contributed by atoms with Gasteiger partial charge in [-0.1, -0.05) is 42.5 Å². The molecular weight excluding hydrogens is 406 g/mol. The van der Waals surface area contributed by atoms with Gasteiger partial charge in [-0.05, 0) is 73.2 Å². The second-order valence-corrected chi connectivity index (χ2v) is 9.95. The Morgan fingerprint density at radius 1 is 1.00 bits per heavy atom. The van der Waals surface area contributed by atoms with Gasteiger partial charge in [-0.3, -0.25) is 4.98 Å². The lowest BCUT2D eigenvalue weighted by Gasteiger charge is -2.20. The molecule has 2 heterocycles. The second-order valence-electron chi connectivity index (χ2n) is 8.18. The van der Waals surface area contributed by atoms with Gasteiger partial charge in [-0.25, -0.2) is 13.1 Å². The molecule has 1 aliphatic heterocycles. The van der Waals surface area contributed by atoms with Crippen LogP contribution in [-0.2, 0) is 23.0 Å². The van der Waals surface area contributed by atoms with Gasteiger partial charge in [-0.2, -0.15) is 0 Å².